The molecule has 2 heterocycles. The van der Waals surface area contributed by atoms with E-state index in [4.69, 9.17) is 15.6 Å². The summed E-state index contributed by atoms with van der Waals surface area (Å²) in [6.45, 7) is 3.55. The van der Waals surface area contributed by atoms with Crippen molar-refractivity contribution in [2.45, 2.75) is 13.8 Å². The predicted octanol–water partition coefficient (Wildman–Crippen LogP) is 1.86. The number of aryl methyl sites for hydroxylation is 1. The summed E-state index contributed by atoms with van der Waals surface area (Å²) >= 11 is 0. The average Bonchev–Trinajstić information content (AvgIpc) is 2.52. The van der Waals surface area contributed by atoms with Gasteiger partial charge in [-0.25, -0.2) is 10.4 Å². The van der Waals surface area contributed by atoms with Crippen LogP contribution < -0.4 is 16.6 Å². The first-order valence-electron chi connectivity index (χ1n) is 6.95. The van der Waals surface area contributed by atoms with Crippen LogP contribution in [0, 0.1) is 12.3 Å². The summed E-state index contributed by atoms with van der Waals surface area (Å²) in [6, 6.07) is 8.76. The van der Waals surface area contributed by atoms with Gasteiger partial charge >= 0.3 is 0 Å². The number of nitrogens with zero attached hydrogens (tertiary/aromatic N) is 2. The average molecular weight is 309 g/mol. The number of benzene rings is 1. The maximum atomic E-state index is 12.6. The van der Waals surface area contributed by atoms with E-state index in [2.05, 4.69) is 15.5 Å². The van der Waals surface area contributed by atoms with Crippen molar-refractivity contribution < 1.29 is 4.42 Å². The molecule has 0 bridgehead atoms. The van der Waals surface area contributed by atoms with Gasteiger partial charge < -0.3 is 10.2 Å². The lowest BCUT2D eigenvalue weighted by Gasteiger charge is -2.07. The van der Waals surface area contributed by atoms with Crippen molar-refractivity contribution in [1.29, 1.82) is 5.41 Å². The normalized spacial score (nSPS) is 11.8. The zero-order chi connectivity index (χ0) is 16.6. The Kier molecular flexibility index (Phi) is 3.53. The highest BCUT2D eigenvalue weighted by molar-refractivity contribution is 6.02. The number of aromatic nitrogens is 1. The number of para-hydroxylation sites is 1. The van der Waals surface area contributed by atoms with E-state index < -0.39 is 0 Å². The zero-order valence-electron chi connectivity index (χ0n) is 12.7. The van der Waals surface area contributed by atoms with Gasteiger partial charge in [-0.05, 0) is 32.0 Å². The molecule has 0 aliphatic rings. The van der Waals surface area contributed by atoms with Crippen LogP contribution in [0.15, 0.2) is 44.6 Å². The van der Waals surface area contributed by atoms with Crippen molar-refractivity contribution in [3.63, 3.8) is 0 Å². The van der Waals surface area contributed by atoms with Crippen molar-refractivity contribution in [3.05, 3.63) is 51.8 Å². The molecule has 23 heavy (non-hydrogen) atoms. The number of pyridine rings is 1. The number of fused-ring (bicyclic) bond motifs is 2. The Labute approximate surface area is 131 Å². The number of nitrogens with two attached hydrogens (primary N) is 1. The van der Waals surface area contributed by atoms with Crippen LogP contribution >= 0.6 is 0 Å². The van der Waals surface area contributed by atoms with Gasteiger partial charge in [0.25, 0.3) is 0 Å². The molecule has 1 aromatic carbocycles. The molecule has 2 aromatic heterocycles. The van der Waals surface area contributed by atoms with Crippen LogP contribution in [0.25, 0.3) is 22.1 Å². The SMILES string of the molecule is CC(=NNC(=N)N)c1cc2c(=O)c3ccccc3oc2nc1C. The molecule has 0 saturated heterocycles. The van der Waals surface area contributed by atoms with E-state index in [0.717, 1.165) is 0 Å². The number of guanidine groups is 1. The first-order chi connectivity index (χ1) is 11.0. The van der Waals surface area contributed by atoms with Crippen LogP contribution in [0.1, 0.15) is 18.2 Å². The van der Waals surface area contributed by atoms with Gasteiger partial charge in [0.1, 0.15) is 5.58 Å². The fourth-order valence-electron chi connectivity index (χ4n) is 2.39. The highest BCUT2D eigenvalue weighted by atomic mass is 16.3. The van der Waals surface area contributed by atoms with Crippen molar-refractivity contribution in [2.75, 3.05) is 0 Å². The van der Waals surface area contributed by atoms with E-state index in [-0.39, 0.29) is 11.4 Å². The molecular weight excluding hydrogens is 294 g/mol. The fourth-order valence-corrected chi connectivity index (χ4v) is 2.39. The van der Waals surface area contributed by atoms with Crippen LogP contribution in [-0.4, -0.2) is 16.7 Å². The highest BCUT2D eigenvalue weighted by Gasteiger charge is 2.13. The number of hydrogen-bond acceptors (Lipinski definition) is 5. The molecule has 3 aromatic rings. The van der Waals surface area contributed by atoms with Crippen LogP contribution in [-0.2, 0) is 0 Å². The monoisotopic (exact) mass is 309 g/mol. The Morgan fingerprint density at radius 2 is 2.09 bits per heavy atom. The number of nitrogens with one attached hydrogen (secondary N) is 2. The molecule has 0 radical (unpaired) electrons. The fraction of sp³-hybridized carbons (Fsp3) is 0.125. The lowest BCUT2D eigenvalue weighted by atomic mass is 10.1. The predicted molar refractivity (Wildman–Crippen MR) is 89.8 cm³/mol. The van der Waals surface area contributed by atoms with E-state index >= 15 is 0 Å². The molecule has 0 unspecified atom stereocenters. The molecule has 0 saturated carbocycles. The maximum absolute atomic E-state index is 12.6. The highest BCUT2D eigenvalue weighted by Crippen LogP contribution is 2.19. The summed E-state index contributed by atoms with van der Waals surface area (Å²) in [4.78, 5) is 17.0. The summed E-state index contributed by atoms with van der Waals surface area (Å²) in [6.07, 6.45) is 0. The smallest absolute Gasteiger partial charge is 0.230 e. The Balaban J connectivity index is 2.26. The Hall–Kier alpha value is -3.22. The molecule has 4 N–H and O–H groups in total. The van der Waals surface area contributed by atoms with Crippen molar-refractivity contribution in [2.24, 2.45) is 10.8 Å². The van der Waals surface area contributed by atoms with Crippen LogP contribution in [0.2, 0.25) is 0 Å². The Bertz CT molecular complexity index is 1020. The summed E-state index contributed by atoms with van der Waals surface area (Å²) in [5.74, 6) is -0.263. The minimum absolute atomic E-state index is 0.136. The molecular formula is C16H15N5O2. The van der Waals surface area contributed by atoms with Gasteiger partial charge in [-0.1, -0.05) is 12.1 Å². The Morgan fingerprint density at radius 3 is 2.83 bits per heavy atom. The van der Waals surface area contributed by atoms with Gasteiger partial charge in [-0.3, -0.25) is 10.2 Å². The lowest BCUT2D eigenvalue weighted by Crippen LogP contribution is -2.26. The second-order valence-corrected chi connectivity index (χ2v) is 5.12. The summed E-state index contributed by atoms with van der Waals surface area (Å²) < 4.78 is 5.72. The second kappa shape index (κ2) is 5.53. The molecule has 0 aliphatic heterocycles. The second-order valence-electron chi connectivity index (χ2n) is 5.12. The largest absolute Gasteiger partial charge is 0.437 e. The van der Waals surface area contributed by atoms with Gasteiger partial charge in [0.05, 0.1) is 22.2 Å². The van der Waals surface area contributed by atoms with E-state index in [1.54, 1.807) is 38.1 Å². The third kappa shape index (κ3) is 2.64. The van der Waals surface area contributed by atoms with Crippen LogP contribution in [0.3, 0.4) is 0 Å². The summed E-state index contributed by atoms with van der Waals surface area (Å²) in [7, 11) is 0. The molecule has 116 valence electrons. The van der Waals surface area contributed by atoms with Crippen LogP contribution in [0.4, 0.5) is 0 Å². The van der Waals surface area contributed by atoms with E-state index in [1.807, 2.05) is 6.07 Å². The molecule has 7 heteroatoms. The van der Waals surface area contributed by atoms with E-state index in [0.29, 0.717) is 39.0 Å². The minimum atomic E-state index is -0.263. The topological polar surface area (TPSA) is 117 Å². The van der Waals surface area contributed by atoms with Crippen molar-refractivity contribution in [3.8, 4) is 0 Å². The number of hydrazone groups is 1. The first kappa shape index (κ1) is 14.7. The molecule has 7 nitrogen and oxygen atoms in total. The molecule has 0 aliphatic carbocycles. The van der Waals surface area contributed by atoms with Gasteiger partial charge in [-0.2, -0.15) is 5.10 Å². The van der Waals surface area contributed by atoms with Gasteiger partial charge in [0.15, 0.2) is 0 Å². The molecule has 0 amide bonds. The van der Waals surface area contributed by atoms with Gasteiger partial charge in [0.2, 0.25) is 17.1 Å². The lowest BCUT2D eigenvalue weighted by molar-refractivity contribution is 0.643. The molecule has 0 spiro atoms. The van der Waals surface area contributed by atoms with E-state index in [9.17, 15) is 4.79 Å². The number of hydrogen-bond donors (Lipinski definition) is 3. The molecule has 3 rings (SSSR count). The summed E-state index contributed by atoms with van der Waals surface area (Å²) in [5.41, 5.74) is 10.2. The minimum Gasteiger partial charge on any atom is -0.437 e. The van der Waals surface area contributed by atoms with Gasteiger partial charge in [0, 0.05) is 5.56 Å². The summed E-state index contributed by atoms with van der Waals surface area (Å²) in [5, 5.41) is 12.0. The van der Waals surface area contributed by atoms with Gasteiger partial charge in [-0.15, -0.1) is 0 Å². The first-order valence-corrected chi connectivity index (χ1v) is 6.95. The van der Waals surface area contributed by atoms with Crippen molar-refractivity contribution >= 4 is 33.7 Å². The standard InChI is InChI=1S/C16H15N5O2/c1-8-11(9(2)20-21-16(17)18)7-12-14(22)10-5-3-4-6-13(10)23-15(12)19-8/h3-7H,1-2H3,(H4,17,18,21). The van der Waals surface area contributed by atoms with E-state index in [1.165, 1.54) is 0 Å². The van der Waals surface area contributed by atoms with Crippen molar-refractivity contribution in [1.82, 2.24) is 10.4 Å². The molecule has 0 atom stereocenters. The quantitative estimate of drug-likeness (QED) is 0.289. The zero-order valence-corrected chi connectivity index (χ0v) is 12.7. The third-order valence-electron chi connectivity index (χ3n) is 3.49. The van der Waals surface area contributed by atoms with Crippen LogP contribution in [0.5, 0.6) is 0 Å². The Morgan fingerprint density at radius 1 is 1.35 bits per heavy atom. The maximum Gasteiger partial charge on any atom is 0.230 e. The number of rotatable bonds is 2. The third-order valence-corrected chi connectivity index (χ3v) is 3.49. The molecule has 0 fully saturated rings.